The Morgan fingerprint density at radius 1 is 1.33 bits per heavy atom. The van der Waals surface area contributed by atoms with Crippen molar-refractivity contribution in [2.24, 2.45) is 0 Å². The predicted molar refractivity (Wildman–Crippen MR) is 74.8 cm³/mol. The van der Waals surface area contributed by atoms with Gasteiger partial charge in [-0.1, -0.05) is 30.3 Å². The van der Waals surface area contributed by atoms with Crippen LogP contribution in [-0.4, -0.2) is 47.9 Å². The number of rotatable bonds is 5. The first-order valence-electron chi connectivity index (χ1n) is 6.70. The largest absolute Gasteiger partial charge is 0.479 e. The van der Waals surface area contributed by atoms with Crippen LogP contribution in [0.3, 0.4) is 0 Å². The fraction of sp³-hybridized carbons (Fsp3) is 0.467. The number of hydrogen-bond donors (Lipinski definition) is 1. The third-order valence-electron chi connectivity index (χ3n) is 3.98. The van der Waals surface area contributed by atoms with Gasteiger partial charge in [-0.2, -0.15) is 0 Å². The molecule has 0 atom stereocenters. The predicted octanol–water partition coefficient (Wildman–Crippen LogP) is 1.89. The fourth-order valence-electron chi connectivity index (χ4n) is 2.44. The van der Waals surface area contributed by atoms with Crippen LogP contribution < -0.4 is 0 Å². The summed E-state index contributed by atoms with van der Waals surface area (Å²) in [5, 5.41) is 9.40. The highest BCUT2D eigenvalue weighted by atomic mass is 16.6. The number of carbonyl (C=O) groups is 2. The summed E-state index contributed by atoms with van der Waals surface area (Å²) < 4.78 is 10.3. The summed E-state index contributed by atoms with van der Waals surface area (Å²) in [6.45, 7) is 0.118. The number of methoxy groups -OCH3 is 1. The molecule has 0 aliphatic heterocycles. The minimum atomic E-state index is -1.23. The molecular formula is C15H19NO5. The zero-order valence-corrected chi connectivity index (χ0v) is 12.1. The Hall–Kier alpha value is -2.08. The Morgan fingerprint density at radius 3 is 2.48 bits per heavy atom. The lowest BCUT2D eigenvalue weighted by atomic mass is 9.73. The van der Waals surface area contributed by atoms with E-state index in [1.54, 1.807) is 0 Å². The zero-order chi connectivity index (χ0) is 15.5. The summed E-state index contributed by atoms with van der Waals surface area (Å²) in [6.07, 6.45) is -0.229. The molecular weight excluding hydrogens is 274 g/mol. The van der Waals surface area contributed by atoms with Crippen LogP contribution in [0.1, 0.15) is 18.4 Å². The second kappa shape index (κ2) is 6.13. The van der Waals surface area contributed by atoms with E-state index in [2.05, 4.69) is 0 Å². The van der Waals surface area contributed by atoms with Gasteiger partial charge in [-0.05, 0) is 5.56 Å². The topological polar surface area (TPSA) is 76.1 Å². The lowest BCUT2D eigenvalue weighted by Gasteiger charge is -2.48. The van der Waals surface area contributed by atoms with Gasteiger partial charge in [-0.25, -0.2) is 9.59 Å². The number of hydrogen-bond acceptors (Lipinski definition) is 4. The van der Waals surface area contributed by atoms with Crippen molar-refractivity contribution in [2.45, 2.75) is 31.1 Å². The highest BCUT2D eigenvalue weighted by molar-refractivity contribution is 5.85. The van der Waals surface area contributed by atoms with Gasteiger partial charge < -0.3 is 14.6 Å². The molecule has 1 aromatic carbocycles. The van der Waals surface area contributed by atoms with Gasteiger partial charge in [0.25, 0.3) is 0 Å². The molecule has 1 N–H and O–H groups in total. The van der Waals surface area contributed by atoms with Crippen LogP contribution in [0.15, 0.2) is 30.3 Å². The first-order valence-corrected chi connectivity index (χ1v) is 6.70. The molecule has 0 spiro atoms. The minimum Gasteiger partial charge on any atom is -0.479 e. The first kappa shape index (κ1) is 15.3. The first-order chi connectivity index (χ1) is 9.99. The maximum atomic E-state index is 12.1. The van der Waals surface area contributed by atoms with E-state index in [0.717, 1.165) is 10.5 Å². The van der Waals surface area contributed by atoms with E-state index in [4.69, 9.17) is 9.47 Å². The Labute approximate surface area is 123 Å². The van der Waals surface area contributed by atoms with Crippen molar-refractivity contribution in [1.29, 1.82) is 0 Å². The van der Waals surface area contributed by atoms with Gasteiger partial charge in [0.05, 0.1) is 6.10 Å². The SMILES string of the molecule is COC1CC(C(=O)O)(N(C)C(=O)OCc2ccccc2)C1. The molecule has 0 saturated heterocycles. The smallest absolute Gasteiger partial charge is 0.410 e. The molecule has 1 aliphatic rings. The summed E-state index contributed by atoms with van der Waals surface area (Å²) in [6, 6.07) is 9.24. The van der Waals surface area contributed by atoms with Crippen molar-refractivity contribution < 1.29 is 24.2 Å². The van der Waals surface area contributed by atoms with E-state index < -0.39 is 17.6 Å². The summed E-state index contributed by atoms with van der Waals surface area (Å²) in [7, 11) is 2.98. The van der Waals surface area contributed by atoms with E-state index in [1.165, 1.54) is 14.2 Å². The van der Waals surface area contributed by atoms with Crippen LogP contribution in [-0.2, 0) is 20.9 Å². The van der Waals surface area contributed by atoms with Crippen LogP contribution >= 0.6 is 0 Å². The highest BCUT2D eigenvalue weighted by Gasteiger charge is 2.56. The number of likely N-dealkylation sites (N-methyl/N-ethyl adjacent to an activating group) is 1. The van der Waals surface area contributed by atoms with Crippen molar-refractivity contribution in [3.8, 4) is 0 Å². The quantitative estimate of drug-likeness (QED) is 0.897. The van der Waals surface area contributed by atoms with Gasteiger partial charge in [0.15, 0.2) is 0 Å². The van der Waals surface area contributed by atoms with Crippen molar-refractivity contribution in [3.05, 3.63) is 35.9 Å². The highest BCUT2D eigenvalue weighted by Crippen LogP contribution is 2.39. The molecule has 6 nitrogen and oxygen atoms in total. The van der Waals surface area contributed by atoms with Gasteiger partial charge in [0.2, 0.25) is 0 Å². The molecule has 0 bridgehead atoms. The van der Waals surface area contributed by atoms with Gasteiger partial charge >= 0.3 is 12.1 Å². The molecule has 1 aliphatic carbocycles. The Balaban J connectivity index is 1.96. The molecule has 0 unspecified atom stereocenters. The Morgan fingerprint density at radius 2 is 1.95 bits per heavy atom. The third kappa shape index (κ3) is 3.00. The molecule has 0 aromatic heterocycles. The fourth-order valence-corrected chi connectivity index (χ4v) is 2.44. The second-order valence-electron chi connectivity index (χ2n) is 5.20. The average Bonchev–Trinajstić information content (AvgIpc) is 2.44. The summed E-state index contributed by atoms with van der Waals surface area (Å²) in [5.41, 5.74) is -0.374. The van der Waals surface area contributed by atoms with Crippen LogP contribution in [0.5, 0.6) is 0 Å². The maximum Gasteiger partial charge on any atom is 0.410 e. The number of carbonyl (C=O) groups excluding carboxylic acids is 1. The summed E-state index contributed by atoms with van der Waals surface area (Å²) in [4.78, 5) is 24.7. The number of ether oxygens (including phenoxy) is 2. The summed E-state index contributed by atoms with van der Waals surface area (Å²) >= 11 is 0. The van der Waals surface area contributed by atoms with Crippen LogP contribution in [0, 0.1) is 0 Å². The van der Waals surface area contributed by atoms with Gasteiger partial charge in [-0.15, -0.1) is 0 Å². The molecule has 1 saturated carbocycles. The Kier molecular flexibility index (Phi) is 4.47. The Bertz CT molecular complexity index is 510. The zero-order valence-electron chi connectivity index (χ0n) is 12.1. The molecule has 114 valence electrons. The van der Waals surface area contributed by atoms with Crippen molar-refractivity contribution >= 4 is 12.1 Å². The maximum absolute atomic E-state index is 12.1. The number of carboxylic acids is 1. The third-order valence-corrected chi connectivity index (χ3v) is 3.98. The lowest BCUT2D eigenvalue weighted by Crippen LogP contribution is -2.65. The van der Waals surface area contributed by atoms with E-state index in [9.17, 15) is 14.7 Å². The van der Waals surface area contributed by atoms with E-state index in [-0.39, 0.29) is 25.6 Å². The molecule has 0 heterocycles. The van der Waals surface area contributed by atoms with Gasteiger partial charge in [0.1, 0.15) is 12.1 Å². The lowest BCUT2D eigenvalue weighted by molar-refractivity contribution is -0.166. The average molecular weight is 293 g/mol. The van der Waals surface area contributed by atoms with Crippen molar-refractivity contribution in [3.63, 3.8) is 0 Å². The number of amides is 1. The molecule has 1 amide bonds. The molecule has 1 fully saturated rings. The van der Waals surface area contributed by atoms with Crippen LogP contribution in [0.4, 0.5) is 4.79 Å². The number of aliphatic carboxylic acids is 1. The van der Waals surface area contributed by atoms with Crippen molar-refractivity contribution in [1.82, 2.24) is 4.90 Å². The molecule has 1 aromatic rings. The number of benzene rings is 1. The molecule has 6 heteroatoms. The van der Waals surface area contributed by atoms with E-state index in [0.29, 0.717) is 0 Å². The monoisotopic (exact) mass is 293 g/mol. The number of nitrogens with zero attached hydrogens (tertiary/aromatic N) is 1. The summed E-state index contributed by atoms with van der Waals surface area (Å²) in [5.74, 6) is -1.03. The second-order valence-corrected chi connectivity index (χ2v) is 5.20. The van der Waals surface area contributed by atoms with Gasteiger partial charge in [-0.3, -0.25) is 4.90 Å². The molecule has 21 heavy (non-hydrogen) atoms. The van der Waals surface area contributed by atoms with Gasteiger partial charge in [0, 0.05) is 27.0 Å². The van der Waals surface area contributed by atoms with E-state index in [1.807, 2.05) is 30.3 Å². The number of carboxylic acid groups (broad SMARTS) is 1. The van der Waals surface area contributed by atoms with E-state index >= 15 is 0 Å². The van der Waals surface area contributed by atoms with Crippen LogP contribution in [0.25, 0.3) is 0 Å². The molecule has 0 radical (unpaired) electrons. The minimum absolute atomic E-state index is 0.118. The van der Waals surface area contributed by atoms with Crippen LogP contribution in [0.2, 0.25) is 0 Å². The standard InChI is InChI=1S/C15H19NO5/c1-16(15(13(17)18)8-12(9-15)20-2)14(19)21-10-11-6-4-3-5-7-11/h3-7,12H,8-10H2,1-2H3,(H,17,18). The van der Waals surface area contributed by atoms with Crippen molar-refractivity contribution in [2.75, 3.05) is 14.2 Å². The normalized spacial score (nSPS) is 24.0. The molecule has 2 rings (SSSR count).